The second kappa shape index (κ2) is 9.16. The van der Waals surface area contributed by atoms with Crippen molar-refractivity contribution >= 4 is 29.6 Å². The molecule has 10 nitrogen and oxygen atoms in total. The highest BCUT2D eigenvalue weighted by atomic mass is 32.2. The van der Waals surface area contributed by atoms with Crippen molar-refractivity contribution in [2.75, 3.05) is 30.0 Å². The molecule has 0 bridgehead atoms. The largest absolute Gasteiger partial charge is 0.465 e. The third kappa shape index (κ3) is 5.55. The first-order valence-corrected chi connectivity index (χ1v) is 8.95. The molecular formula is C14H22N8O2S. The molecule has 0 aliphatic rings. The molecule has 0 saturated carbocycles. The molecule has 25 heavy (non-hydrogen) atoms. The zero-order valence-electron chi connectivity index (χ0n) is 14.7. The van der Waals surface area contributed by atoms with Crippen LogP contribution in [0.2, 0.25) is 0 Å². The number of thioether (sulfide) groups is 1. The molecule has 2 rings (SSSR count). The molecule has 0 aromatic carbocycles. The number of rotatable bonds is 9. The minimum atomic E-state index is -0.304. The van der Waals surface area contributed by atoms with Crippen LogP contribution in [0, 0.1) is 0 Å². The van der Waals surface area contributed by atoms with Gasteiger partial charge in [0.05, 0.1) is 12.4 Å². The Labute approximate surface area is 150 Å². The van der Waals surface area contributed by atoms with Gasteiger partial charge in [0, 0.05) is 13.1 Å². The van der Waals surface area contributed by atoms with Gasteiger partial charge in [-0.3, -0.25) is 4.79 Å². The van der Waals surface area contributed by atoms with Crippen molar-refractivity contribution in [3.8, 4) is 5.95 Å². The maximum absolute atomic E-state index is 11.4. The molecule has 1 atom stereocenters. The van der Waals surface area contributed by atoms with Gasteiger partial charge in [-0.1, -0.05) is 18.7 Å². The van der Waals surface area contributed by atoms with Gasteiger partial charge >= 0.3 is 5.97 Å². The highest BCUT2D eigenvalue weighted by Crippen LogP contribution is 2.15. The summed E-state index contributed by atoms with van der Waals surface area (Å²) in [6.45, 7) is 6.23. The van der Waals surface area contributed by atoms with E-state index in [2.05, 4.69) is 42.6 Å². The van der Waals surface area contributed by atoms with Crippen LogP contribution in [0.15, 0.2) is 11.5 Å². The Bertz CT molecular complexity index is 708. The smallest absolute Gasteiger partial charge is 0.316 e. The maximum Gasteiger partial charge on any atom is 0.316 e. The molecule has 136 valence electrons. The first-order valence-electron chi connectivity index (χ1n) is 7.96. The summed E-state index contributed by atoms with van der Waals surface area (Å²) in [6, 6.07) is 0.228. The van der Waals surface area contributed by atoms with Crippen molar-refractivity contribution in [1.29, 1.82) is 0 Å². The van der Waals surface area contributed by atoms with Crippen molar-refractivity contribution < 1.29 is 9.53 Å². The number of anilines is 2. The quantitative estimate of drug-likeness (QED) is 0.497. The molecule has 2 aromatic rings. The third-order valence-electron chi connectivity index (χ3n) is 3.14. The van der Waals surface area contributed by atoms with E-state index < -0.39 is 0 Å². The summed E-state index contributed by atoms with van der Waals surface area (Å²) >= 11 is 1.19. The molecule has 0 amide bonds. The lowest BCUT2D eigenvalue weighted by Crippen LogP contribution is -2.18. The minimum Gasteiger partial charge on any atom is -0.465 e. The molecular weight excluding hydrogens is 344 g/mol. The second-order valence-corrected chi connectivity index (χ2v) is 5.99. The average Bonchev–Trinajstić information content (AvgIpc) is 3.09. The highest BCUT2D eigenvalue weighted by molar-refractivity contribution is 7.99. The predicted octanol–water partition coefficient (Wildman–Crippen LogP) is 1.36. The summed E-state index contributed by atoms with van der Waals surface area (Å²) in [5.74, 6) is 1.06. The van der Waals surface area contributed by atoms with Gasteiger partial charge in [0.1, 0.15) is 6.33 Å². The fraction of sp³-hybridized carbons (Fsp3) is 0.571. The topological polar surface area (TPSA) is 120 Å². The Balaban J connectivity index is 2.14. The predicted molar refractivity (Wildman–Crippen MR) is 95.0 cm³/mol. The minimum absolute atomic E-state index is 0.150. The summed E-state index contributed by atoms with van der Waals surface area (Å²) in [4.78, 5) is 28.5. The molecule has 0 radical (unpaired) electrons. The number of ether oxygens (including phenoxy) is 1. The van der Waals surface area contributed by atoms with Crippen LogP contribution in [0.3, 0.4) is 0 Å². The zero-order chi connectivity index (χ0) is 18.2. The molecule has 11 heteroatoms. The van der Waals surface area contributed by atoms with Gasteiger partial charge in [-0.2, -0.15) is 19.6 Å². The number of aromatic nitrogens is 6. The second-order valence-electron chi connectivity index (χ2n) is 5.05. The Morgan fingerprint density at radius 1 is 1.32 bits per heavy atom. The van der Waals surface area contributed by atoms with E-state index in [1.807, 2.05) is 6.92 Å². The first kappa shape index (κ1) is 18.9. The zero-order valence-corrected chi connectivity index (χ0v) is 15.5. The van der Waals surface area contributed by atoms with Crippen molar-refractivity contribution in [3.05, 3.63) is 6.33 Å². The summed E-state index contributed by atoms with van der Waals surface area (Å²) < 4.78 is 6.32. The van der Waals surface area contributed by atoms with Gasteiger partial charge in [0.2, 0.25) is 17.1 Å². The first-order chi connectivity index (χ1) is 12.0. The number of esters is 1. The van der Waals surface area contributed by atoms with E-state index >= 15 is 0 Å². The Morgan fingerprint density at radius 2 is 2.08 bits per heavy atom. The molecule has 0 spiro atoms. The number of carbonyl (C=O) groups is 1. The summed E-state index contributed by atoms with van der Waals surface area (Å²) in [7, 11) is 1.73. The molecule has 0 aliphatic heterocycles. The SMILES string of the molecule is CCOC(=O)CSc1ncn(-c2nc(NC)nc(NC(C)CC)n2)n1. The Morgan fingerprint density at radius 3 is 2.76 bits per heavy atom. The number of nitrogens with one attached hydrogen (secondary N) is 2. The van der Waals surface area contributed by atoms with Gasteiger partial charge in [-0.25, -0.2) is 4.98 Å². The molecule has 0 aliphatic carbocycles. The van der Waals surface area contributed by atoms with Gasteiger partial charge in [-0.05, 0) is 20.3 Å². The van der Waals surface area contributed by atoms with E-state index in [0.29, 0.717) is 29.6 Å². The van der Waals surface area contributed by atoms with E-state index in [4.69, 9.17) is 4.74 Å². The normalized spacial score (nSPS) is 11.8. The number of hydrogen-bond acceptors (Lipinski definition) is 10. The van der Waals surface area contributed by atoms with Crippen LogP contribution in [-0.2, 0) is 9.53 Å². The fourth-order valence-corrected chi connectivity index (χ4v) is 2.30. The monoisotopic (exact) mass is 366 g/mol. The van der Waals surface area contributed by atoms with Crippen LogP contribution in [-0.4, -0.2) is 61.1 Å². The Kier molecular flexibility index (Phi) is 6.92. The maximum atomic E-state index is 11.4. The van der Waals surface area contributed by atoms with Gasteiger partial charge < -0.3 is 15.4 Å². The molecule has 2 heterocycles. The number of carbonyl (C=O) groups excluding carboxylic acids is 1. The Hall–Kier alpha value is -2.43. The fourth-order valence-electron chi connectivity index (χ4n) is 1.70. The standard InChI is InChI=1S/C14H22N8O2S/c1-5-9(3)17-12-18-11(15-4)19-13(20-12)22-8-16-14(21-22)25-7-10(23)24-6-2/h8-9H,5-7H2,1-4H3,(H2,15,17,18,19,20). The van der Waals surface area contributed by atoms with Crippen LogP contribution in [0.25, 0.3) is 5.95 Å². The van der Waals surface area contributed by atoms with Crippen LogP contribution in [0.1, 0.15) is 27.2 Å². The lowest BCUT2D eigenvalue weighted by molar-refractivity contribution is -0.139. The van der Waals surface area contributed by atoms with Gasteiger partial charge in [0.25, 0.3) is 5.95 Å². The molecule has 1 unspecified atom stereocenters. The van der Waals surface area contributed by atoms with Crippen LogP contribution >= 0.6 is 11.8 Å². The van der Waals surface area contributed by atoms with Crippen molar-refractivity contribution in [2.24, 2.45) is 0 Å². The van der Waals surface area contributed by atoms with Gasteiger partial charge in [-0.15, -0.1) is 5.10 Å². The number of hydrogen-bond donors (Lipinski definition) is 2. The highest BCUT2D eigenvalue weighted by Gasteiger charge is 2.12. The average molecular weight is 366 g/mol. The van der Waals surface area contributed by atoms with Gasteiger partial charge in [0.15, 0.2) is 0 Å². The van der Waals surface area contributed by atoms with E-state index in [0.717, 1.165) is 6.42 Å². The van der Waals surface area contributed by atoms with Crippen molar-refractivity contribution in [1.82, 2.24) is 29.7 Å². The van der Waals surface area contributed by atoms with E-state index in [9.17, 15) is 4.79 Å². The van der Waals surface area contributed by atoms with Crippen LogP contribution < -0.4 is 10.6 Å². The number of nitrogens with zero attached hydrogens (tertiary/aromatic N) is 6. The van der Waals surface area contributed by atoms with E-state index in [-0.39, 0.29) is 17.8 Å². The van der Waals surface area contributed by atoms with Crippen LogP contribution in [0.5, 0.6) is 0 Å². The van der Waals surface area contributed by atoms with E-state index in [1.54, 1.807) is 14.0 Å². The van der Waals surface area contributed by atoms with Crippen molar-refractivity contribution in [3.63, 3.8) is 0 Å². The van der Waals surface area contributed by atoms with Crippen LogP contribution in [0.4, 0.5) is 11.9 Å². The van der Waals surface area contributed by atoms with E-state index in [1.165, 1.54) is 22.8 Å². The molecule has 2 N–H and O–H groups in total. The molecule has 0 saturated heterocycles. The molecule has 0 fully saturated rings. The third-order valence-corrected chi connectivity index (χ3v) is 3.96. The summed E-state index contributed by atoms with van der Waals surface area (Å²) in [5, 5.41) is 10.8. The lowest BCUT2D eigenvalue weighted by atomic mass is 10.3. The molecule has 2 aromatic heterocycles. The summed E-state index contributed by atoms with van der Waals surface area (Å²) in [5.41, 5.74) is 0. The summed E-state index contributed by atoms with van der Waals surface area (Å²) in [6.07, 6.45) is 2.43. The van der Waals surface area contributed by atoms with Crippen molar-refractivity contribution in [2.45, 2.75) is 38.4 Å². The lowest BCUT2D eigenvalue weighted by Gasteiger charge is -2.12.